The standard InChI is InChI=1S/C14H18N4O6/c15-1-3-17-11(19)7-5-8(12(20)18-4-2-16)10(14(23)24)6-9(7)13(21)22/h5-6H,1-4,15-16H2,(H,17,19)(H,18,20)(H,21,22)(H,23,24). The van der Waals surface area contributed by atoms with Gasteiger partial charge in [-0.3, -0.25) is 9.59 Å². The summed E-state index contributed by atoms with van der Waals surface area (Å²) in [6.07, 6.45) is 0. The third-order valence-corrected chi connectivity index (χ3v) is 2.97. The second-order valence-electron chi connectivity index (χ2n) is 4.64. The number of aromatic carboxylic acids is 2. The Kier molecular flexibility index (Phi) is 6.83. The molecule has 10 heteroatoms. The molecule has 130 valence electrons. The van der Waals surface area contributed by atoms with Gasteiger partial charge in [-0.2, -0.15) is 0 Å². The molecule has 2 amide bonds. The average molecular weight is 338 g/mol. The van der Waals surface area contributed by atoms with E-state index in [0.29, 0.717) is 0 Å². The lowest BCUT2D eigenvalue weighted by atomic mass is 9.97. The van der Waals surface area contributed by atoms with Gasteiger partial charge in [0, 0.05) is 26.2 Å². The number of nitrogens with two attached hydrogens (primary N) is 2. The monoisotopic (exact) mass is 338 g/mol. The Morgan fingerprint density at radius 1 is 0.750 bits per heavy atom. The van der Waals surface area contributed by atoms with Gasteiger partial charge in [0.2, 0.25) is 0 Å². The number of rotatable bonds is 8. The van der Waals surface area contributed by atoms with Crippen molar-refractivity contribution in [2.45, 2.75) is 0 Å². The Balaban J connectivity index is 3.45. The highest BCUT2D eigenvalue weighted by atomic mass is 16.4. The molecule has 0 saturated heterocycles. The van der Waals surface area contributed by atoms with E-state index >= 15 is 0 Å². The van der Waals surface area contributed by atoms with Crippen LogP contribution in [-0.2, 0) is 0 Å². The number of hydrogen-bond donors (Lipinski definition) is 6. The van der Waals surface area contributed by atoms with Gasteiger partial charge in [-0.05, 0) is 12.1 Å². The van der Waals surface area contributed by atoms with E-state index in [1.165, 1.54) is 0 Å². The van der Waals surface area contributed by atoms with Crippen molar-refractivity contribution in [2.24, 2.45) is 11.5 Å². The minimum absolute atomic E-state index is 0.0906. The van der Waals surface area contributed by atoms with E-state index < -0.39 is 34.9 Å². The molecule has 1 aromatic rings. The zero-order valence-electron chi connectivity index (χ0n) is 12.7. The van der Waals surface area contributed by atoms with Crippen LogP contribution >= 0.6 is 0 Å². The Morgan fingerprint density at radius 2 is 1.08 bits per heavy atom. The van der Waals surface area contributed by atoms with E-state index in [1.807, 2.05) is 0 Å². The molecule has 0 unspecified atom stereocenters. The molecule has 0 aliphatic rings. The molecule has 0 fully saturated rings. The van der Waals surface area contributed by atoms with Gasteiger partial charge in [0.05, 0.1) is 22.3 Å². The maximum Gasteiger partial charge on any atom is 0.336 e. The summed E-state index contributed by atoms with van der Waals surface area (Å²) in [5.41, 5.74) is 8.80. The minimum atomic E-state index is -1.50. The third-order valence-electron chi connectivity index (χ3n) is 2.97. The van der Waals surface area contributed by atoms with Gasteiger partial charge in [-0.1, -0.05) is 0 Å². The highest BCUT2D eigenvalue weighted by molar-refractivity contribution is 6.11. The highest BCUT2D eigenvalue weighted by Crippen LogP contribution is 2.18. The minimum Gasteiger partial charge on any atom is -0.478 e. The lowest BCUT2D eigenvalue weighted by molar-refractivity contribution is 0.0687. The van der Waals surface area contributed by atoms with Crippen LogP contribution in [0.5, 0.6) is 0 Å². The van der Waals surface area contributed by atoms with Crippen molar-refractivity contribution in [3.8, 4) is 0 Å². The van der Waals surface area contributed by atoms with Gasteiger partial charge in [0.1, 0.15) is 0 Å². The Hall–Kier alpha value is -2.98. The molecule has 0 aromatic heterocycles. The molecule has 0 aliphatic heterocycles. The molecule has 0 bridgehead atoms. The smallest absolute Gasteiger partial charge is 0.336 e. The first-order valence-electron chi connectivity index (χ1n) is 6.94. The molecule has 0 spiro atoms. The van der Waals surface area contributed by atoms with E-state index in [-0.39, 0.29) is 37.3 Å². The lowest BCUT2D eigenvalue weighted by Gasteiger charge is -2.12. The second-order valence-corrected chi connectivity index (χ2v) is 4.64. The van der Waals surface area contributed by atoms with Crippen LogP contribution in [-0.4, -0.2) is 60.1 Å². The summed E-state index contributed by atoms with van der Waals surface area (Å²) < 4.78 is 0. The molecule has 0 atom stereocenters. The first-order valence-corrected chi connectivity index (χ1v) is 6.94. The highest BCUT2D eigenvalue weighted by Gasteiger charge is 2.25. The fourth-order valence-corrected chi connectivity index (χ4v) is 1.89. The number of carbonyl (C=O) groups excluding carboxylic acids is 2. The molecule has 1 rings (SSSR count). The number of hydrogen-bond acceptors (Lipinski definition) is 6. The number of carbonyl (C=O) groups is 4. The summed E-state index contributed by atoms with van der Waals surface area (Å²) in [6.45, 7) is 0.441. The van der Waals surface area contributed by atoms with Gasteiger partial charge in [0.25, 0.3) is 11.8 Å². The normalized spacial score (nSPS) is 10.1. The summed E-state index contributed by atoms with van der Waals surface area (Å²) in [7, 11) is 0. The van der Waals surface area contributed by atoms with Gasteiger partial charge < -0.3 is 32.3 Å². The van der Waals surface area contributed by atoms with Crippen LogP contribution < -0.4 is 22.1 Å². The zero-order valence-corrected chi connectivity index (χ0v) is 12.7. The molecule has 8 N–H and O–H groups in total. The number of carboxylic acid groups (broad SMARTS) is 2. The summed E-state index contributed by atoms with van der Waals surface area (Å²) in [5.74, 6) is -4.54. The fourth-order valence-electron chi connectivity index (χ4n) is 1.89. The van der Waals surface area contributed by atoms with Gasteiger partial charge in [-0.25, -0.2) is 9.59 Å². The maximum absolute atomic E-state index is 12.1. The molecule has 10 nitrogen and oxygen atoms in total. The Labute approximate surface area is 136 Å². The largest absolute Gasteiger partial charge is 0.478 e. The molecule has 0 radical (unpaired) electrons. The first-order chi connectivity index (χ1) is 11.3. The van der Waals surface area contributed by atoms with E-state index in [4.69, 9.17) is 11.5 Å². The number of benzene rings is 1. The lowest BCUT2D eigenvalue weighted by Crippen LogP contribution is -2.33. The van der Waals surface area contributed by atoms with Gasteiger partial charge >= 0.3 is 11.9 Å². The second kappa shape index (κ2) is 8.60. The Morgan fingerprint density at radius 3 is 1.38 bits per heavy atom. The van der Waals surface area contributed by atoms with E-state index in [1.54, 1.807) is 0 Å². The van der Waals surface area contributed by atoms with E-state index in [2.05, 4.69) is 10.6 Å². The molecule has 0 aliphatic carbocycles. The first kappa shape index (κ1) is 19.1. The van der Waals surface area contributed by atoms with Crippen molar-refractivity contribution in [3.63, 3.8) is 0 Å². The number of amides is 2. The quantitative estimate of drug-likeness (QED) is 0.329. The van der Waals surface area contributed by atoms with Crippen molar-refractivity contribution < 1.29 is 29.4 Å². The molecule has 1 aromatic carbocycles. The van der Waals surface area contributed by atoms with Gasteiger partial charge in [-0.15, -0.1) is 0 Å². The third kappa shape index (κ3) is 4.51. The molecule has 0 heterocycles. The van der Waals surface area contributed by atoms with E-state index in [0.717, 1.165) is 12.1 Å². The van der Waals surface area contributed by atoms with Crippen LogP contribution in [0, 0.1) is 0 Å². The summed E-state index contributed by atoms with van der Waals surface area (Å²) in [5, 5.41) is 23.2. The average Bonchev–Trinajstić information content (AvgIpc) is 2.55. The van der Waals surface area contributed by atoms with Crippen LogP contribution in [0.3, 0.4) is 0 Å². The van der Waals surface area contributed by atoms with Crippen LogP contribution in [0.15, 0.2) is 12.1 Å². The number of nitrogens with one attached hydrogen (secondary N) is 2. The van der Waals surface area contributed by atoms with Crippen molar-refractivity contribution in [1.82, 2.24) is 10.6 Å². The fraction of sp³-hybridized carbons (Fsp3) is 0.286. The summed E-state index contributed by atoms with van der Waals surface area (Å²) >= 11 is 0. The van der Waals surface area contributed by atoms with Crippen LogP contribution in [0.2, 0.25) is 0 Å². The van der Waals surface area contributed by atoms with Crippen LogP contribution in [0.1, 0.15) is 41.4 Å². The summed E-state index contributed by atoms with van der Waals surface area (Å²) in [6, 6.07) is 1.71. The predicted octanol–water partition coefficient (Wildman–Crippen LogP) is -1.54. The van der Waals surface area contributed by atoms with Crippen molar-refractivity contribution >= 4 is 23.8 Å². The topological polar surface area (TPSA) is 185 Å². The van der Waals surface area contributed by atoms with Crippen molar-refractivity contribution in [2.75, 3.05) is 26.2 Å². The van der Waals surface area contributed by atoms with E-state index in [9.17, 15) is 29.4 Å². The zero-order chi connectivity index (χ0) is 18.3. The SMILES string of the molecule is NCCNC(=O)c1cc(C(=O)NCCN)c(C(=O)O)cc1C(=O)O. The molecular weight excluding hydrogens is 320 g/mol. The Bertz CT molecular complexity index is 620. The van der Waals surface area contributed by atoms with Crippen molar-refractivity contribution in [3.05, 3.63) is 34.4 Å². The summed E-state index contributed by atoms with van der Waals surface area (Å²) in [4.78, 5) is 46.8. The van der Waals surface area contributed by atoms with Crippen LogP contribution in [0.25, 0.3) is 0 Å². The van der Waals surface area contributed by atoms with Crippen LogP contribution in [0.4, 0.5) is 0 Å². The van der Waals surface area contributed by atoms with Gasteiger partial charge in [0.15, 0.2) is 0 Å². The predicted molar refractivity (Wildman–Crippen MR) is 83.1 cm³/mol. The van der Waals surface area contributed by atoms with Crippen molar-refractivity contribution in [1.29, 1.82) is 0 Å². The number of carboxylic acids is 2. The maximum atomic E-state index is 12.1. The molecule has 0 saturated carbocycles. The molecular formula is C14H18N4O6. The molecule has 24 heavy (non-hydrogen) atoms.